The van der Waals surface area contributed by atoms with Crippen molar-refractivity contribution in [1.29, 1.82) is 0 Å². The molecule has 0 saturated carbocycles. The van der Waals surface area contributed by atoms with Crippen LogP contribution in [-0.2, 0) is 0 Å². The maximum atomic E-state index is 10.0. The van der Waals surface area contributed by atoms with E-state index < -0.39 is 0 Å². The van der Waals surface area contributed by atoms with Gasteiger partial charge in [0.2, 0.25) is 0 Å². The smallest absolute Gasteiger partial charge is 0.0693 e. The third-order valence-electron chi connectivity index (χ3n) is 4.44. The van der Waals surface area contributed by atoms with Crippen molar-refractivity contribution >= 4 is 15.9 Å². The van der Waals surface area contributed by atoms with E-state index in [1.807, 2.05) is 0 Å². The Balaban J connectivity index is 1.91. The largest absolute Gasteiger partial charge is 0.392 e. The summed E-state index contributed by atoms with van der Waals surface area (Å²) >= 11 is 3.55. The summed E-state index contributed by atoms with van der Waals surface area (Å²) in [5.41, 5.74) is 1.33. The van der Waals surface area contributed by atoms with Gasteiger partial charge in [0, 0.05) is 23.6 Å². The summed E-state index contributed by atoms with van der Waals surface area (Å²) in [6.45, 7) is 8.22. The molecule has 1 aliphatic rings. The van der Waals surface area contributed by atoms with Crippen LogP contribution in [0.5, 0.6) is 0 Å². The molecule has 1 heterocycles. The van der Waals surface area contributed by atoms with E-state index in [1.165, 1.54) is 5.56 Å². The number of hydrogen-bond donors (Lipinski definition) is 2. The fourth-order valence-corrected chi connectivity index (χ4v) is 3.40. The molecular weight excluding hydrogens is 328 g/mol. The molecule has 1 aromatic carbocycles. The van der Waals surface area contributed by atoms with Gasteiger partial charge in [-0.05, 0) is 49.5 Å². The third kappa shape index (κ3) is 5.06. The van der Waals surface area contributed by atoms with Crippen molar-refractivity contribution in [3.8, 4) is 0 Å². The van der Waals surface area contributed by atoms with Crippen LogP contribution >= 0.6 is 15.9 Å². The summed E-state index contributed by atoms with van der Waals surface area (Å²) in [6.07, 6.45) is 2.01. The average molecular weight is 355 g/mol. The number of nitrogens with zero attached hydrogens (tertiary/aromatic N) is 1. The Bertz CT molecular complexity index is 441. The predicted octanol–water partition coefficient (Wildman–Crippen LogP) is 3.19. The van der Waals surface area contributed by atoms with E-state index in [0.29, 0.717) is 12.0 Å². The first-order valence-corrected chi connectivity index (χ1v) is 8.78. The van der Waals surface area contributed by atoms with Gasteiger partial charge in [-0.1, -0.05) is 41.9 Å². The van der Waals surface area contributed by atoms with Crippen LogP contribution in [0.4, 0.5) is 0 Å². The second kappa shape index (κ2) is 8.28. The lowest BCUT2D eigenvalue weighted by atomic mass is 9.95. The summed E-state index contributed by atoms with van der Waals surface area (Å²) < 4.78 is 1.13. The first-order valence-electron chi connectivity index (χ1n) is 7.99. The molecule has 1 fully saturated rings. The minimum absolute atomic E-state index is 0.165. The highest BCUT2D eigenvalue weighted by Gasteiger charge is 2.24. The van der Waals surface area contributed by atoms with Crippen LogP contribution in [-0.4, -0.2) is 42.3 Å². The molecule has 0 radical (unpaired) electrons. The molecule has 3 unspecified atom stereocenters. The zero-order chi connectivity index (χ0) is 15.2. The highest BCUT2D eigenvalue weighted by atomic mass is 79.9. The third-order valence-corrected chi connectivity index (χ3v) is 4.93. The summed E-state index contributed by atoms with van der Waals surface area (Å²) in [5.74, 6) is 0.441. The molecule has 2 rings (SSSR count). The number of rotatable bonds is 6. The van der Waals surface area contributed by atoms with E-state index in [2.05, 4.69) is 64.3 Å². The fourth-order valence-electron chi connectivity index (χ4n) is 2.99. The zero-order valence-corrected chi connectivity index (χ0v) is 14.6. The molecule has 1 aromatic rings. The maximum absolute atomic E-state index is 10.0. The predicted molar refractivity (Wildman–Crippen MR) is 91.4 cm³/mol. The van der Waals surface area contributed by atoms with Crippen molar-refractivity contribution < 1.29 is 5.11 Å². The van der Waals surface area contributed by atoms with Crippen LogP contribution < -0.4 is 5.32 Å². The minimum Gasteiger partial charge on any atom is -0.392 e. The number of likely N-dealkylation sites (tertiary alicyclic amines) is 1. The van der Waals surface area contributed by atoms with Crippen LogP contribution in [0.3, 0.4) is 0 Å². The molecule has 1 aliphatic heterocycles. The van der Waals surface area contributed by atoms with Crippen molar-refractivity contribution in [2.45, 2.75) is 38.8 Å². The molecule has 0 spiro atoms. The van der Waals surface area contributed by atoms with Crippen molar-refractivity contribution in [3.05, 3.63) is 34.3 Å². The van der Waals surface area contributed by atoms with Crippen molar-refractivity contribution in [3.63, 3.8) is 0 Å². The number of piperidine rings is 1. The van der Waals surface area contributed by atoms with Gasteiger partial charge in [-0.25, -0.2) is 0 Å². The highest BCUT2D eigenvalue weighted by Crippen LogP contribution is 2.23. The number of benzene rings is 1. The van der Waals surface area contributed by atoms with Gasteiger partial charge in [0.1, 0.15) is 0 Å². The molecule has 3 nitrogen and oxygen atoms in total. The molecule has 118 valence electrons. The molecule has 1 saturated heterocycles. The summed E-state index contributed by atoms with van der Waals surface area (Å²) in [6, 6.07) is 8.92. The van der Waals surface area contributed by atoms with Gasteiger partial charge in [-0.3, -0.25) is 0 Å². The van der Waals surface area contributed by atoms with E-state index in [1.54, 1.807) is 0 Å². The van der Waals surface area contributed by atoms with Gasteiger partial charge in [-0.2, -0.15) is 0 Å². The Morgan fingerprint density at radius 1 is 1.48 bits per heavy atom. The second-order valence-corrected chi connectivity index (χ2v) is 7.00. The van der Waals surface area contributed by atoms with Gasteiger partial charge in [0.15, 0.2) is 0 Å². The van der Waals surface area contributed by atoms with E-state index in [-0.39, 0.29) is 6.10 Å². The monoisotopic (exact) mass is 354 g/mol. The Kier molecular flexibility index (Phi) is 6.68. The number of β-amino-alcohol motifs (C(OH)–C–C–N with tert-alkyl or cyclic N) is 1. The summed E-state index contributed by atoms with van der Waals surface area (Å²) in [4.78, 5) is 2.40. The molecule has 0 amide bonds. The average Bonchev–Trinajstić information content (AvgIpc) is 2.47. The van der Waals surface area contributed by atoms with Crippen molar-refractivity contribution in [2.24, 2.45) is 5.92 Å². The lowest BCUT2D eigenvalue weighted by Gasteiger charge is -2.35. The second-order valence-electron chi connectivity index (χ2n) is 6.09. The van der Waals surface area contributed by atoms with Crippen LogP contribution in [0.2, 0.25) is 0 Å². The summed E-state index contributed by atoms with van der Waals surface area (Å²) in [7, 11) is 0. The first kappa shape index (κ1) is 16.9. The Morgan fingerprint density at radius 2 is 2.29 bits per heavy atom. The normalized spacial score (nSPS) is 25.0. The quantitative estimate of drug-likeness (QED) is 0.823. The molecule has 0 aliphatic carbocycles. The van der Waals surface area contributed by atoms with E-state index in [0.717, 1.165) is 43.5 Å². The van der Waals surface area contributed by atoms with E-state index in [9.17, 15) is 5.11 Å². The lowest BCUT2D eigenvalue weighted by Crippen LogP contribution is -2.43. The van der Waals surface area contributed by atoms with Crippen LogP contribution in [0.1, 0.15) is 38.3 Å². The van der Waals surface area contributed by atoms with Crippen LogP contribution in [0, 0.1) is 5.92 Å². The number of halogens is 1. The van der Waals surface area contributed by atoms with Crippen LogP contribution in [0.25, 0.3) is 0 Å². The lowest BCUT2D eigenvalue weighted by molar-refractivity contribution is 0.0278. The fraction of sp³-hybridized carbons (Fsp3) is 0.647. The number of hydrogen-bond acceptors (Lipinski definition) is 3. The van der Waals surface area contributed by atoms with Gasteiger partial charge >= 0.3 is 0 Å². The van der Waals surface area contributed by atoms with E-state index >= 15 is 0 Å². The van der Waals surface area contributed by atoms with Crippen LogP contribution in [0.15, 0.2) is 28.7 Å². The maximum Gasteiger partial charge on any atom is 0.0693 e. The standard InChI is InChI=1S/C17H27BrN2O/c1-3-19-16(14-5-4-6-15(18)11-14)8-10-20-9-7-13(2)17(21)12-20/h4-6,11,13,16-17,19,21H,3,7-10,12H2,1-2H3. The van der Waals surface area contributed by atoms with E-state index in [4.69, 9.17) is 0 Å². The first-order chi connectivity index (χ1) is 10.1. The highest BCUT2D eigenvalue weighted by molar-refractivity contribution is 9.10. The Hall–Kier alpha value is -0.420. The van der Waals surface area contributed by atoms with Gasteiger partial charge in [0.25, 0.3) is 0 Å². The summed E-state index contributed by atoms with van der Waals surface area (Å²) in [5, 5.41) is 13.6. The Labute approximate surface area is 136 Å². The molecule has 21 heavy (non-hydrogen) atoms. The molecule has 3 atom stereocenters. The molecule has 0 bridgehead atoms. The molecule has 0 aromatic heterocycles. The minimum atomic E-state index is -0.165. The number of nitrogens with one attached hydrogen (secondary N) is 1. The topological polar surface area (TPSA) is 35.5 Å². The van der Waals surface area contributed by atoms with Gasteiger partial charge in [0.05, 0.1) is 6.10 Å². The van der Waals surface area contributed by atoms with Crippen molar-refractivity contribution in [1.82, 2.24) is 10.2 Å². The Morgan fingerprint density at radius 3 is 2.95 bits per heavy atom. The molecule has 2 N–H and O–H groups in total. The SMILES string of the molecule is CCNC(CCN1CCC(C)C(O)C1)c1cccc(Br)c1. The number of aliphatic hydroxyl groups excluding tert-OH is 1. The molecule has 4 heteroatoms. The van der Waals surface area contributed by atoms with Crippen molar-refractivity contribution in [2.75, 3.05) is 26.2 Å². The van der Waals surface area contributed by atoms with Gasteiger partial charge < -0.3 is 15.3 Å². The van der Waals surface area contributed by atoms with Gasteiger partial charge in [-0.15, -0.1) is 0 Å². The number of aliphatic hydroxyl groups is 1. The zero-order valence-electron chi connectivity index (χ0n) is 13.1. The molecular formula is C17H27BrN2O.